The number of hydrogen-bond acceptors (Lipinski definition) is 6. The SMILES string of the molecule is CCCOC[C@@H]1C[C@]2(SC(=Nc3ccc(C)cc3)NC2=O)C(=O)O1. The number of hydrogen-bond donors (Lipinski definition) is 1. The third kappa shape index (κ3) is 3.32. The van der Waals surface area contributed by atoms with Gasteiger partial charge in [-0.2, -0.15) is 0 Å². The van der Waals surface area contributed by atoms with Gasteiger partial charge in [0.2, 0.25) is 4.75 Å². The number of rotatable bonds is 5. The molecular formula is C17H20N2O4S. The second-order valence-electron chi connectivity index (χ2n) is 5.94. The van der Waals surface area contributed by atoms with E-state index in [0.29, 0.717) is 24.8 Å². The smallest absolute Gasteiger partial charge is 0.332 e. The summed E-state index contributed by atoms with van der Waals surface area (Å²) in [5.74, 6) is -0.870. The molecule has 1 N–H and O–H groups in total. The predicted octanol–water partition coefficient (Wildman–Crippen LogP) is 2.33. The van der Waals surface area contributed by atoms with Gasteiger partial charge in [-0.15, -0.1) is 0 Å². The quantitative estimate of drug-likeness (QED) is 0.502. The lowest BCUT2D eigenvalue weighted by Crippen LogP contribution is -2.40. The Kier molecular flexibility index (Phi) is 4.91. The fourth-order valence-electron chi connectivity index (χ4n) is 2.64. The van der Waals surface area contributed by atoms with Crippen LogP contribution in [0.4, 0.5) is 5.69 Å². The second-order valence-corrected chi connectivity index (χ2v) is 7.23. The van der Waals surface area contributed by atoms with Crippen LogP contribution in [0.15, 0.2) is 29.3 Å². The van der Waals surface area contributed by atoms with Crippen molar-refractivity contribution in [2.45, 2.75) is 37.5 Å². The fourth-order valence-corrected chi connectivity index (χ4v) is 3.80. The Morgan fingerprint density at radius 2 is 2.12 bits per heavy atom. The van der Waals surface area contributed by atoms with Crippen LogP contribution in [0.25, 0.3) is 0 Å². The van der Waals surface area contributed by atoms with E-state index in [0.717, 1.165) is 29.4 Å². The minimum atomic E-state index is -1.23. The number of ether oxygens (including phenoxy) is 2. The Labute approximate surface area is 145 Å². The topological polar surface area (TPSA) is 77.0 Å². The molecule has 24 heavy (non-hydrogen) atoms. The number of benzene rings is 1. The third-order valence-corrected chi connectivity index (χ3v) is 5.15. The van der Waals surface area contributed by atoms with Gasteiger partial charge in [0, 0.05) is 13.0 Å². The standard InChI is InChI=1S/C17H20N2O4S/c1-3-8-22-10-13-9-17(15(21)23-13)14(20)19-16(24-17)18-12-6-4-11(2)5-7-12/h4-7,13H,3,8-10H2,1-2H3,(H,18,19,20)/t13-,17+/m0/s1. The molecule has 0 unspecified atom stereocenters. The average Bonchev–Trinajstić information content (AvgIpc) is 3.03. The van der Waals surface area contributed by atoms with E-state index in [2.05, 4.69) is 10.3 Å². The van der Waals surface area contributed by atoms with Crippen LogP contribution >= 0.6 is 11.8 Å². The number of aryl methyl sites for hydroxylation is 1. The summed E-state index contributed by atoms with van der Waals surface area (Å²) in [6.45, 7) is 4.93. The molecule has 1 aromatic carbocycles. The van der Waals surface area contributed by atoms with Gasteiger partial charge in [0.1, 0.15) is 6.10 Å². The lowest BCUT2D eigenvalue weighted by atomic mass is 10.0. The molecule has 1 amide bonds. The molecule has 3 rings (SSSR count). The number of carbonyl (C=O) groups is 2. The zero-order valence-electron chi connectivity index (χ0n) is 13.7. The van der Waals surface area contributed by atoms with Gasteiger partial charge >= 0.3 is 5.97 Å². The van der Waals surface area contributed by atoms with Crippen LogP contribution in [0, 0.1) is 6.92 Å². The van der Waals surface area contributed by atoms with Crippen LogP contribution in [-0.4, -0.2) is 41.1 Å². The number of esters is 1. The normalized spacial score (nSPS) is 27.8. The number of aliphatic imine (C=N–C) groups is 1. The van der Waals surface area contributed by atoms with Crippen molar-refractivity contribution in [1.82, 2.24) is 5.32 Å². The zero-order chi connectivity index (χ0) is 17.2. The lowest BCUT2D eigenvalue weighted by molar-refractivity contribution is -0.146. The molecule has 2 atom stereocenters. The minimum Gasteiger partial charge on any atom is -0.458 e. The maximum absolute atomic E-state index is 12.4. The van der Waals surface area contributed by atoms with Gasteiger partial charge in [0.15, 0.2) is 5.17 Å². The highest BCUT2D eigenvalue weighted by Crippen LogP contribution is 2.43. The van der Waals surface area contributed by atoms with Crippen molar-refractivity contribution in [3.63, 3.8) is 0 Å². The van der Waals surface area contributed by atoms with Crippen molar-refractivity contribution in [1.29, 1.82) is 0 Å². The van der Waals surface area contributed by atoms with Crippen molar-refractivity contribution in [2.24, 2.45) is 4.99 Å². The summed E-state index contributed by atoms with van der Waals surface area (Å²) < 4.78 is 9.54. The van der Waals surface area contributed by atoms with Gasteiger partial charge in [-0.3, -0.25) is 4.79 Å². The number of nitrogens with zero attached hydrogens (tertiary/aromatic N) is 1. The van der Waals surface area contributed by atoms with Crippen LogP contribution < -0.4 is 5.32 Å². The van der Waals surface area contributed by atoms with Crippen LogP contribution in [-0.2, 0) is 19.1 Å². The van der Waals surface area contributed by atoms with Gasteiger partial charge < -0.3 is 14.8 Å². The first-order valence-electron chi connectivity index (χ1n) is 7.98. The van der Waals surface area contributed by atoms with E-state index in [1.54, 1.807) is 0 Å². The molecule has 0 bridgehead atoms. The number of amides is 1. The highest BCUT2D eigenvalue weighted by molar-refractivity contribution is 8.17. The summed E-state index contributed by atoms with van der Waals surface area (Å²) in [7, 11) is 0. The molecule has 0 radical (unpaired) electrons. The van der Waals surface area contributed by atoms with Gasteiger partial charge in [0.25, 0.3) is 5.91 Å². The molecule has 128 valence electrons. The maximum atomic E-state index is 12.4. The van der Waals surface area contributed by atoms with Crippen LogP contribution in [0.2, 0.25) is 0 Å². The molecule has 6 nitrogen and oxygen atoms in total. The molecule has 2 fully saturated rings. The molecule has 2 saturated heterocycles. The largest absolute Gasteiger partial charge is 0.458 e. The summed E-state index contributed by atoms with van der Waals surface area (Å²) >= 11 is 1.14. The van der Waals surface area contributed by atoms with Crippen LogP contribution in [0.3, 0.4) is 0 Å². The molecule has 0 saturated carbocycles. The summed E-state index contributed by atoms with van der Waals surface area (Å²) in [6, 6.07) is 7.63. The van der Waals surface area contributed by atoms with Crippen LogP contribution in [0.5, 0.6) is 0 Å². The van der Waals surface area contributed by atoms with E-state index in [9.17, 15) is 9.59 Å². The van der Waals surface area contributed by atoms with Crippen molar-refractivity contribution in [2.75, 3.05) is 13.2 Å². The summed E-state index contributed by atoms with van der Waals surface area (Å²) in [5, 5.41) is 3.13. The number of nitrogens with one attached hydrogen (secondary N) is 1. The molecular weight excluding hydrogens is 328 g/mol. The summed E-state index contributed by atoms with van der Waals surface area (Å²) in [5.41, 5.74) is 1.86. The lowest BCUT2D eigenvalue weighted by Gasteiger charge is -2.11. The Hall–Kier alpha value is -1.86. The first-order chi connectivity index (χ1) is 11.5. The van der Waals surface area contributed by atoms with Crippen molar-refractivity contribution in [3.8, 4) is 0 Å². The molecule has 1 aromatic rings. The molecule has 2 aliphatic heterocycles. The number of carbonyl (C=O) groups excluding carboxylic acids is 2. The van der Waals surface area contributed by atoms with Crippen molar-refractivity contribution < 1.29 is 19.1 Å². The van der Waals surface area contributed by atoms with E-state index in [1.165, 1.54) is 0 Å². The minimum absolute atomic E-state index is 0.305. The molecule has 2 aliphatic rings. The highest BCUT2D eigenvalue weighted by atomic mass is 32.2. The van der Waals surface area contributed by atoms with E-state index in [-0.39, 0.29) is 12.0 Å². The molecule has 1 spiro atoms. The summed E-state index contributed by atoms with van der Waals surface area (Å²) in [4.78, 5) is 29.1. The van der Waals surface area contributed by atoms with Gasteiger partial charge in [-0.25, -0.2) is 9.79 Å². The Bertz CT molecular complexity index is 674. The molecule has 7 heteroatoms. The van der Waals surface area contributed by atoms with E-state index < -0.39 is 10.7 Å². The van der Waals surface area contributed by atoms with Crippen molar-refractivity contribution >= 4 is 34.5 Å². The third-order valence-electron chi connectivity index (χ3n) is 3.89. The molecule has 0 aliphatic carbocycles. The van der Waals surface area contributed by atoms with Crippen LogP contribution in [0.1, 0.15) is 25.3 Å². The Morgan fingerprint density at radius 1 is 1.38 bits per heavy atom. The van der Waals surface area contributed by atoms with E-state index in [4.69, 9.17) is 9.47 Å². The fraction of sp³-hybridized carbons (Fsp3) is 0.471. The first kappa shape index (κ1) is 17.0. The molecule has 2 heterocycles. The first-order valence-corrected chi connectivity index (χ1v) is 8.80. The van der Waals surface area contributed by atoms with Gasteiger partial charge in [-0.05, 0) is 25.5 Å². The summed E-state index contributed by atoms with van der Waals surface area (Å²) in [6.07, 6.45) is 0.814. The van der Waals surface area contributed by atoms with E-state index >= 15 is 0 Å². The number of cyclic esters (lactones) is 1. The van der Waals surface area contributed by atoms with Gasteiger partial charge in [-0.1, -0.05) is 36.4 Å². The monoisotopic (exact) mass is 348 g/mol. The highest BCUT2D eigenvalue weighted by Gasteiger charge is 2.60. The molecule has 0 aromatic heterocycles. The number of amidine groups is 1. The average molecular weight is 348 g/mol. The Morgan fingerprint density at radius 3 is 2.83 bits per heavy atom. The van der Waals surface area contributed by atoms with Crippen molar-refractivity contribution in [3.05, 3.63) is 29.8 Å². The Balaban J connectivity index is 1.72. The predicted molar refractivity (Wildman–Crippen MR) is 92.3 cm³/mol. The number of thioether (sulfide) groups is 1. The maximum Gasteiger partial charge on any atom is 0.332 e. The zero-order valence-corrected chi connectivity index (χ0v) is 14.5. The van der Waals surface area contributed by atoms with E-state index in [1.807, 2.05) is 38.1 Å². The second kappa shape index (κ2) is 6.94. The van der Waals surface area contributed by atoms with Gasteiger partial charge in [0.05, 0.1) is 12.3 Å².